The second-order valence-electron chi connectivity index (χ2n) is 4.26. The minimum absolute atomic E-state index is 0.0875. The van der Waals surface area contributed by atoms with Gasteiger partial charge in [0.05, 0.1) is 22.5 Å². The minimum Gasteiger partial charge on any atom is -0.368 e. The van der Waals surface area contributed by atoms with Gasteiger partial charge in [-0.3, -0.25) is 9.89 Å². The molecule has 2 heterocycles. The molecule has 2 rings (SSSR count). The summed E-state index contributed by atoms with van der Waals surface area (Å²) < 4.78 is 37.4. The fourth-order valence-corrected chi connectivity index (χ4v) is 1.79. The van der Waals surface area contributed by atoms with E-state index in [0.717, 1.165) is 6.07 Å². The number of carbonyl (C=O) groups is 1. The van der Waals surface area contributed by atoms with Gasteiger partial charge in [0.2, 0.25) is 5.91 Å². The molecule has 3 N–H and O–H groups in total. The number of hydrogen-bond acceptors (Lipinski definition) is 4. The van der Waals surface area contributed by atoms with Gasteiger partial charge in [-0.05, 0) is 6.07 Å². The van der Waals surface area contributed by atoms with Crippen LogP contribution in [0, 0.1) is 0 Å². The summed E-state index contributed by atoms with van der Waals surface area (Å²) in [6, 6.07) is 0.780. The summed E-state index contributed by atoms with van der Waals surface area (Å²) in [7, 11) is 0. The molecule has 118 valence electrons. The molecular formula is C12H11ClF3N5O. The van der Waals surface area contributed by atoms with Crippen LogP contribution in [0.2, 0.25) is 5.02 Å². The van der Waals surface area contributed by atoms with Gasteiger partial charge in [0, 0.05) is 25.4 Å². The maximum absolute atomic E-state index is 12.5. The lowest BCUT2D eigenvalue weighted by Crippen LogP contribution is -2.16. The van der Waals surface area contributed by atoms with Crippen molar-refractivity contribution in [3.05, 3.63) is 35.2 Å². The van der Waals surface area contributed by atoms with E-state index in [1.54, 1.807) is 0 Å². The summed E-state index contributed by atoms with van der Waals surface area (Å²) in [6.45, 7) is 0.168. The number of anilines is 2. The van der Waals surface area contributed by atoms with E-state index in [1.165, 1.54) is 12.4 Å². The Kier molecular flexibility index (Phi) is 4.86. The van der Waals surface area contributed by atoms with E-state index in [1.807, 2.05) is 0 Å². The van der Waals surface area contributed by atoms with Gasteiger partial charge in [-0.1, -0.05) is 11.6 Å². The first-order chi connectivity index (χ1) is 10.4. The number of nitrogens with zero attached hydrogens (tertiary/aromatic N) is 2. The maximum atomic E-state index is 12.5. The zero-order valence-electron chi connectivity index (χ0n) is 11.0. The lowest BCUT2D eigenvalue weighted by atomic mass is 10.2. The third-order valence-corrected chi connectivity index (χ3v) is 2.88. The second-order valence-corrected chi connectivity index (χ2v) is 4.67. The third kappa shape index (κ3) is 4.35. The molecule has 0 unspecified atom stereocenters. The summed E-state index contributed by atoms with van der Waals surface area (Å²) in [4.78, 5) is 15.2. The van der Waals surface area contributed by atoms with Gasteiger partial charge in [0.15, 0.2) is 0 Å². The predicted octanol–water partition coefficient (Wildman–Crippen LogP) is 2.92. The van der Waals surface area contributed by atoms with E-state index in [2.05, 4.69) is 25.8 Å². The molecule has 0 aliphatic heterocycles. The highest BCUT2D eigenvalue weighted by Gasteiger charge is 2.31. The zero-order valence-corrected chi connectivity index (χ0v) is 11.8. The van der Waals surface area contributed by atoms with Crippen molar-refractivity contribution < 1.29 is 18.0 Å². The van der Waals surface area contributed by atoms with Gasteiger partial charge in [-0.2, -0.15) is 18.3 Å². The number of rotatable bonds is 5. The van der Waals surface area contributed by atoms with E-state index < -0.39 is 11.7 Å². The quantitative estimate of drug-likeness (QED) is 0.785. The normalized spacial score (nSPS) is 11.3. The van der Waals surface area contributed by atoms with Crippen molar-refractivity contribution in [2.24, 2.45) is 0 Å². The smallest absolute Gasteiger partial charge is 0.368 e. The highest BCUT2D eigenvalue weighted by Crippen LogP contribution is 2.32. The molecule has 0 radical (unpaired) electrons. The Hall–Kier alpha value is -2.29. The summed E-state index contributed by atoms with van der Waals surface area (Å²) in [5.74, 6) is -0.192. The Morgan fingerprint density at radius 1 is 1.36 bits per heavy atom. The van der Waals surface area contributed by atoms with Crippen LogP contribution in [-0.2, 0) is 11.0 Å². The molecule has 0 saturated carbocycles. The average Bonchev–Trinajstić information content (AvgIpc) is 2.92. The van der Waals surface area contributed by atoms with Crippen LogP contribution in [0.5, 0.6) is 0 Å². The first-order valence-corrected chi connectivity index (χ1v) is 6.49. The molecular weight excluding hydrogens is 323 g/mol. The van der Waals surface area contributed by atoms with Gasteiger partial charge < -0.3 is 10.6 Å². The first kappa shape index (κ1) is 16.1. The van der Waals surface area contributed by atoms with Crippen LogP contribution in [0.15, 0.2) is 24.7 Å². The summed E-state index contributed by atoms with van der Waals surface area (Å²) in [5.41, 5.74) is -0.406. The van der Waals surface area contributed by atoms with Crippen LogP contribution in [0.25, 0.3) is 0 Å². The molecule has 2 aromatic rings. The first-order valence-electron chi connectivity index (χ1n) is 6.11. The lowest BCUT2D eigenvalue weighted by Gasteiger charge is -2.10. The Labute approximate surface area is 128 Å². The molecule has 0 aliphatic rings. The van der Waals surface area contributed by atoms with Crippen molar-refractivity contribution in [1.82, 2.24) is 15.2 Å². The van der Waals surface area contributed by atoms with Gasteiger partial charge in [-0.15, -0.1) is 0 Å². The monoisotopic (exact) mass is 333 g/mol. The van der Waals surface area contributed by atoms with Crippen LogP contribution in [0.1, 0.15) is 12.0 Å². The highest BCUT2D eigenvalue weighted by atomic mass is 35.5. The summed E-state index contributed by atoms with van der Waals surface area (Å²) in [5, 5.41) is 11.3. The predicted molar refractivity (Wildman–Crippen MR) is 74.6 cm³/mol. The number of H-pyrrole nitrogens is 1. The largest absolute Gasteiger partial charge is 0.417 e. The van der Waals surface area contributed by atoms with E-state index in [0.29, 0.717) is 11.9 Å². The van der Waals surface area contributed by atoms with E-state index in [9.17, 15) is 18.0 Å². The van der Waals surface area contributed by atoms with Crippen LogP contribution < -0.4 is 10.6 Å². The zero-order chi connectivity index (χ0) is 16.2. The van der Waals surface area contributed by atoms with Gasteiger partial charge in [-0.25, -0.2) is 4.98 Å². The Morgan fingerprint density at radius 2 is 2.14 bits per heavy atom. The van der Waals surface area contributed by atoms with Crippen LogP contribution in [0.4, 0.5) is 24.7 Å². The average molecular weight is 334 g/mol. The Morgan fingerprint density at radius 3 is 2.73 bits per heavy atom. The maximum Gasteiger partial charge on any atom is 0.417 e. The van der Waals surface area contributed by atoms with Gasteiger partial charge in [0.25, 0.3) is 0 Å². The second kappa shape index (κ2) is 6.65. The number of aromatic nitrogens is 3. The van der Waals surface area contributed by atoms with Crippen LogP contribution in [0.3, 0.4) is 0 Å². The fraction of sp³-hybridized carbons (Fsp3) is 0.250. The van der Waals surface area contributed by atoms with Crippen molar-refractivity contribution >= 4 is 29.0 Å². The molecule has 6 nitrogen and oxygen atoms in total. The van der Waals surface area contributed by atoms with Crippen molar-refractivity contribution in [2.45, 2.75) is 12.6 Å². The lowest BCUT2D eigenvalue weighted by molar-refractivity contribution is -0.137. The number of alkyl halides is 3. The molecule has 1 amide bonds. The number of aromatic amines is 1. The SMILES string of the molecule is O=C(CCNc1ncc(C(F)(F)F)cc1Cl)Nc1cn[nH]c1. The van der Waals surface area contributed by atoms with Crippen molar-refractivity contribution in [2.75, 3.05) is 17.2 Å². The number of nitrogens with one attached hydrogen (secondary N) is 3. The Balaban J connectivity index is 1.85. The molecule has 22 heavy (non-hydrogen) atoms. The standard InChI is InChI=1S/C12H11ClF3N5O/c13-9-3-7(12(14,15)16)4-18-11(9)17-2-1-10(22)21-8-5-19-20-6-8/h3-6H,1-2H2,(H,17,18)(H,19,20)(H,21,22). The van der Waals surface area contributed by atoms with E-state index in [-0.39, 0.29) is 29.7 Å². The molecule has 0 spiro atoms. The molecule has 0 bridgehead atoms. The van der Waals surface area contributed by atoms with Crippen LogP contribution >= 0.6 is 11.6 Å². The number of halogens is 4. The van der Waals surface area contributed by atoms with Gasteiger partial charge >= 0.3 is 6.18 Å². The van der Waals surface area contributed by atoms with Crippen LogP contribution in [-0.4, -0.2) is 27.6 Å². The molecule has 0 aliphatic carbocycles. The topological polar surface area (TPSA) is 82.7 Å². The molecule has 0 fully saturated rings. The number of pyridine rings is 1. The van der Waals surface area contributed by atoms with Gasteiger partial charge in [0.1, 0.15) is 5.82 Å². The fourth-order valence-electron chi connectivity index (χ4n) is 1.56. The Bertz CT molecular complexity index is 645. The van der Waals surface area contributed by atoms with Crippen molar-refractivity contribution in [3.63, 3.8) is 0 Å². The van der Waals surface area contributed by atoms with E-state index in [4.69, 9.17) is 11.6 Å². The van der Waals surface area contributed by atoms with Crippen molar-refractivity contribution in [3.8, 4) is 0 Å². The van der Waals surface area contributed by atoms with Crippen molar-refractivity contribution in [1.29, 1.82) is 0 Å². The highest BCUT2D eigenvalue weighted by molar-refractivity contribution is 6.32. The molecule has 2 aromatic heterocycles. The molecule has 0 saturated heterocycles. The van der Waals surface area contributed by atoms with E-state index >= 15 is 0 Å². The number of amides is 1. The minimum atomic E-state index is -4.50. The third-order valence-electron chi connectivity index (χ3n) is 2.59. The summed E-state index contributed by atoms with van der Waals surface area (Å²) >= 11 is 5.73. The molecule has 0 aromatic carbocycles. The molecule has 0 atom stereocenters. The number of hydrogen-bond donors (Lipinski definition) is 3. The molecule has 10 heteroatoms. The number of carbonyl (C=O) groups excluding carboxylic acids is 1. The summed E-state index contributed by atoms with van der Waals surface area (Å²) in [6.07, 6.45) is -0.775.